The zero-order chi connectivity index (χ0) is 14.4. The van der Waals surface area contributed by atoms with Gasteiger partial charge in [-0.1, -0.05) is 6.92 Å². The van der Waals surface area contributed by atoms with Gasteiger partial charge in [-0.25, -0.2) is 5.84 Å². The van der Waals surface area contributed by atoms with Gasteiger partial charge in [0.05, 0.1) is 18.1 Å². The molecule has 1 aromatic carbocycles. The third-order valence-electron chi connectivity index (χ3n) is 2.43. The molecule has 0 saturated carbocycles. The third kappa shape index (κ3) is 3.55. The number of non-ortho nitro benzene ring substituents is 1. The average Bonchev–Trinajstić information content (AvgIpc) is 2.43. The molecule has 0 spiro atoms. The number of ether oxygens (including phenoxy) is 2. The summed E-state index contributed by atoms with van der Waals surface area (Å²) in [5.74, 6) is 4.93. The second-order valence-electron chi connectivity index (χ2n) is 3.62. The van der Waals surface area contributed by atoms with E-state index in [1.165, 1.54) is 25.3 Å². The Labute approximate surface area is 109 Å². The van der Waals surface area contributed by atoms with E-state index < -0.39 is 16.9 Å². The molecule has 0 saturated heterocycles. The summed E-state index contributed by atoms with van der Waals surface area (Å²) in [6, 6.07) is 3.89. The van der Waals surface area contributed by atoms with Gasteiger partial charge in [-0.15, -0.1) is 0 Å². The molecule has 1 rings (SSSR count). The highest BCUT2D eigenvalue weighted by atomic mass is 16.6. The maximum Gasteiger partial charge on any atom is 0.274 e. The Morgan fingerprint density at radius 3 is 2.68 bits per heavy atom. The van der Waals surface area contributed by atoms with Crippen LogP contribution in [0.3, 0.4) is 0 Å². The predicted octanol–water partition coefficient (Wildman–Crippen LogP) is 0.751. The second kappa shape index (κ2) is 6.55. The number of amides is 1. The van der Waals surface area contributed by atoms with Gasteiger partial charge in [0, 0.05) is 6.07 Å². The summed E-state index contributed by atoms with van der Waals surface area (Å²) in [6.07, 6.45) is -0.490. The van der Waals surface area contributed by atoms with Crippen LogP contribution in [0.1, 0.15) is 13.3 Å². The molecule has 19 heavy (non-hydrogen) atoms. The minimum Gasteiger partial charge on any atom is -0.493 e. The van der Waals surface area contributed by atoms with E-state index in [4.69, 9.17) is 15.3 Å². The van der Waals surface area contributed by atoms with E-state index in [2.05, 4.69) is 0 Å². The molecule has 3 N–H and O–H groups in total. The van der Waals surface area contributed by atoms with Crippen molar-refractivity contribution in [3.63, 3.8) is 0 Å². The predicted molar refractivity (Wildman–Crippen MR) is 66.7 cm³/mol. The minimum absolute atomic E-state index is 0.118. The number of rotatable bonds is 6. The van der Waals surface area contributed by atoms with Gasteiger partial charge in [-0.05, 0) is 12.5 Å². The number of nitrogens with two attached hydrogens (primary N) is 1. The fourth-order valence-corrected chi connectivity index (χ4v) is 1.44. The third-order valence-corrected chi connectivity index (χ3v) is 2.43. The molecule has 8 heteroatoms. The Morgan fingerprint density at radius 1 is 1.53 bits per heavy atom. The van der Waals surface area contributed by atoms with Crippen LogP contribution in [0.25, 0.3) is 0 Å². The number of carbonyl (C=O) groups is 1. The van der Waals surface area contributed by atoms with Crippen LogP contribution in [0.4, 0.5) is 5.69 Å². The first kappa shape index (κ1) is 14.7. The molecule has 0 heterocycles. The number of benzene rings is 1. The van der Waals surface area contributed by atoms with Crippen LogP contribution in [-0.4, -0.2) is 24.0 Å². The average molecular weight is 269 g/mol. The molecule has 1 aromatic rings. The first-order valence-electron chi connectivity index (χ1n) is 5.53. The Balaban J connectivity index is 3.05. The van der Waals surface area contributed by atoms with E-state index in [0.29, 0.717) is 12.2 Å². The molecular formula is C11H15N3O5. The molecule has 1 atom stereocenters. The number of hydrogen-bond donors (Lipinski definition) is 2. The standard InChI is InChI=1S/C11H15N3O5/c1-3-8(11(15)13-12)19-10-6-7(14(16)17)4-5-9(10)18-2/h4-6,8H,3,12H2,1-2H3,(H,13,15). The Kier molecular flexibility index (Phi) is 5.07. The van der Waals surface area contributed by atoms with E-state index in [9.17, 15) is 14.9 Å². The Bertz CT molecular complexity index is 477. The van der Waals surface area contributed by atoms with E-state index in [1.807, 2.05) is 5.43 Å². The van der Waals surface area contributed by atoms with Gasteiger partial charge in [0.1, 0.15) is 0 Å². The summed E-state index contributed by atoms with van der Waals surface area (Å²) in [7, 11) is 1.40. The van der Waals surface area contributed by atoms with Crippen molar-refractivity contribution >= 4 is 11.6 Å². The molecule has 0 radical (unpaired) electrons. The SMILES string of the molecule is CCC(Oc1cc([N+](=O)[O-])ccc1OC)C(=O)NN. The first-order chi connectivity index (χ1) is 9.03. The van der Waals surface area contributed by atoms with E-state index in [1.54, 1.807) is 6.92 Å². The van der Waals surface area contributed by atoms with E-state index in [-0.39, 0.29) is 11.4 Å². The smallest absolute Gasteiger partial charge is 0.274 e. The maximum atomic E-state index is 11.4. The lowest BCUT2D eigenvalue weighted by Gasteiger charge is -2.17. The fourth-order valence-electron chi connectivity index (χ4n) is 1.44. The Hall–Kier alpha value is -2.35. The van der Waals surface area contributed by atoms with Crippen molar-refractivity contribution in [2.45, 2.75) is 19.4 Å². The first-order valence-corrected chi connectivity index (χ1v) is 5.53. The van der Waals surface area contributed by atoms with Gasteiger partial charge in [0.15, 0.2) is 17.6 Å². The van der Waals surface area contributed by atoms with Crippen LogP contribution in [0.15, 0.2) is 18.2 Å². The second-order valence-corrected chi connectivity index (χ2v) is 3.62. The molecule has 8 nitrogen and oxygen atoms in total. The summed E-state index contributed by atoms with van der Waals surface area (Å²) in [5.41, 5.74) is 1.82. The number of nitro groups is 1. The maximum absolute atomic E-state index is 11.4. The van der Waals surface area contributed by atoms with Crippen molar-refractivity contribution in [2.75, 3.05) is 7.11 Å². The lowest BCUT2D eigenvalue weighted by atomic mass is 10.2. The van der Waals surface area contributed by atoms with Crippen LogP contribution in [0.2, 0.25) is 0 Å². The van der Waals surface area contributed by atoms with Crippen LogP contribution >= 0.6 is 0 Å². The number of hydrogen-bond acceptors (Lipinski definition) is 6. The van der Waals surface area contributed by atoms with Crippen LogP contribution in [0, 0.1) is 10.1 Å². The normalized spacial score (nSPS) is 11.5. The van der Waals surface area contributed by atoms with Crippen LogP contribution < -0.4 is 20.7 Å². The highest BCUT2D eigenvalue weighted by Gasteiger charge is 2.21. The lowest BCUT2D eigenvalue weighted by Crippen LogP contribution is -2.41. The molecule has 0 aliphatic carbocycles. The highest BCUT2D eigenvalue weighted by Crippen LogP contribution is 2.32. The zero-order valence-electron chi connectivity index (χ0n) is 10.6. The van der Waals surface area contributed by atoms with Crippen molar-refractivity contribution in [3.8, 4) is 11.5 Å². The topological polar surface area (TPSA) is 117 Å². The van der Waals surface area contributed by atoms with Crippen molar-refractivity contribution in [1.29, 1.82) is 0 Å². The molecule has 1 unspecified atom stereocenters. The molecule has 0 fully saturated rings. The summed E-state index contributed by atoms with van der Waals surface area (Å²) >= 11 is 0. The summed E-state index contributed by atoms with van der Waals surface area (Å²) in [6.45, 7) is 1.73. The van der Waals surface area contributed by atoms with Gasteiger partial charge in [0.25, 0.3) is 11.6 Å². The number of methoxy groups -OCH3 is 1. The largest absolute Gasteiger partial charge is 0.493 e. The van der Waals surface area contributed by atoms with E-state index in [0.717, 1.165) is 0 Å². The highest BCUT2D eigenvalue weighted by molar-refractivity contribution is 5.80. The summed E-state index contributed by atoms with van der Waals surface area (Å²) in [5, 5.41) is 10.7. The minimum atomic E-state index is -0.846. The van der Waals surface area contributed by atoms with Crippen LogP contribution in [-0.2, 0) is 4.79 Å². The zero-order valence-corrected chi connectivity index (χ0v) is 10.6. The van der Waals surface area contributed by atoms with Crippen molar-refractivity contribution in [1.82, 2.24) is 5.43 Å². The monoisotopic (exact) mass is 269 g/mol. The summed E-state index contributed by atoms with van der Waals surface area (Å²) in [4.78, 5) is 21.6. The van der Waals surface area contributed by atoms with Crippen LogP contribution in [0.5, 0.6) is 11.5 Å². The number of nitrogens with zero attached hydrogens (tertiary/aromatic N) is 1. The van der Waals surface area contributed by atoms with Gasteiger partial charge in [-0.2, -0.15) is 0 Å². The van der Waals surface area contributed by atoms with Gasteiger partial charge in [-0.3, -0.25) is 20.3 Å². The number of nitrogens with one attached hydrogen (secondary N) is 1. The Morgan fingerprint density at radius 2 is 2.21 bits per heavy atom. The number of carbonyl (C=O) groups excluding carboxylic acids is 1. The molecule has 1 amide bonds. The molecule has 0 aliphatic rings. The lowest BCUT2D eigenvalue weighted by molar-refractivity contribution is -0.385. The van der Waals surface area contributed by atoms with E-state index >= 15 is 0 Å². The van der Waals surface area contributed by atoms with Gasteiger partial charge >= 0.3 is 0 Å². The fraction of sp³-hybridized carbons (Fsp3) is 0.364. The number of nitro benzene ring substituents is 1. The molecule has 0 aromatic heterocycles. The van der Waals surface area contributed by atoms with Crippen molar-refractivity contribution in [3.05, 3.63) is 28.3 Å². The molecule has 104 valence electrons. The quantitative estimate of drug-likeness (QED) is 0.340. The van der Waals surface area contributed by atoms with Crippen molar-refractivity contribution in [2.24, 2.45) is 5.84 Å². The summed E-state index contributed by atoms with van der Waals surface area (Å²) < 4.78 is 10.4. The molecular weight excluding hydrogens is 254 g/mol. The molecule has 0 bridgehead atoms. The van der Waals surface area contributed by atoms with Crippen molar-refractivity contribution < 1.29 is 19.2 Å². The van der Waals surface area contributed by atoms with Gasteiger partial charge < -0.3 is 9.47 Å². The van der Waals surface area contributed by atoms with Gasteiger partial charge in [0.2, 0.25) is 0 Å². The molecule has 0 aliphatic heterocycles. The number of hydrazine groups is 1.